The third-order valence-corrected chi connectivity index (χ3v) is 6.68. The van der Waals surface area contributed by atoms with E-state index in [9.17, 15) is 8.78 Å². The SMILES string of the molecule is C[C@H]1C(N(c2cccc(F)n2)c2cc(F)ccc2Cl)CCN1C(C)(C)c1ccccc1. The van der Waals surface area contributed by atoms with Crippen molar-refractivity contribution in [2.24, 2.45) is 0 Å². The molecule has 2 heterocycles. The lowest BCUT2D eigenvalue weighted by Gasteiger charge is -2.42. The molecule has 2 atom stereocenters. The van der Waals surface area contributed by atoms with Crippen LogP contribution < -0.4 is 4.90 Å². The average molecular weight is 442 g/mol. The molecule has 0 aliphatic carbocycles. The minimum atomic E-state index is -0.581. The van der Waals surface area contributed by atoms with Crippen LogP contribution in [0.3, 0.4) is 0 Å². The molecule has 0 saturated carbocycles. The summed E-state index contributed by atoms with van der Waals surface area (Å²) >= 11 is 6.49. The standard InChI is InChI=1S/C25H26ClF2N3/c1-17-21(14-15-30(17)25(2,3)18-8-5-4-6-9-18)31(24-11-7-10-23(28)29-24)22-16-19(27)12-13-20(22)26/h4-13,16-17,21H,14-15H2,1-3H3/t17-,21?/m0/s1. The van der Waals surface area contributed by atoms with Crippen LogP contribution in [-0.4, -0.2) is 28.5 Å². The normalized spacial score (nSPS) is 19.5. The molecule has 3 nitrogen and oxygen atoms in total. The number of pyridine rings is 1. The highest BCUT2D eigenvalue weighted by Gasteiger charge is 2.43. The molecule has 1 aliphatic rings. The van der Waals surface area contributed by atoms with Gasteiger partial charge in [0.15, 0.2) is 0 Å². The Bertz CT molecular complexity index is 1060. The predicted molar refractivity (Wildman–Crippen MR) is 122 cm³/mol. The van der Waals surface area contributed by atoms with Crippen LogP contribution in [0.5, 0.6) is 0 Å². The predicted octanol–water partition coefficient (Wildman–Crippen LogP) is 6.55. The Labute approximate surface area is 187 Å². The van der Waals surface area contributed by atoms with E-state index >= 15 is 0 Å². The van der Waals surface area contributed by atoms with Crippen LogP contribution in [0.25, 0.3) is 0 Å². The van der Waals surface area contributed by atoms with Crippen molar-refractivity contribution in [2.45, 2.75) is 44.8 Å². The third kappa shape index (κ3) is 4.17. The maximum atomic E-state index is 14.2. The molecule has 31 heavy (non-hydrogen) atoms. The number of benzene rings is 2. The molecular formula is C25H26ClF2N3. The molecular weight excluding hydrogens is 416 g/mol. The van der Waals surface area contributed by atoms with E-state index in [2.05, 4.69) is 42.8 Å². The number of rotatable bonds is 5. The van der Waals surface area contributed by atoms with Crippen molar-refractivity contribution in [3.8, 4) is 0 Å². The lowest BCUT2D eigenvalue weighted by atomic mass is 9.91. The molecule has 3 aromatic rings. The second kappa shape index (κ2) is 8.56. The van der Waals surface area contributed by atoms with Gasteiger partial charge in [0, 0.05) is 18.1 Å². The van der Waals surface area contributed by atoms with E-state index in [1.54, 1.807) is 12.1 Å². The highest BCUT2D eigenvalue weighted by molar-refractivity contribution is 6.33. The number of aromatic nitrogens is 1. The molecule has 1 saturated heterocycles. The largest absolute Gasteiger partial charge is 0.320 e. The van der Waals surface area contributed by atoms with Crippen LogP contribution in [0.2, 0.25) is 5.02 Å². The van der Waals surface area contributed by atoms with E-state index in [4.69, 9.17) is 11.6 Å². The Balaban J connectivity index is 1.75. The number of likely N-dealkylation sites (tertiary alicyclic amines) is 1. The van der Waals surface area contributed by atoms with Crippen molar-refractivity contribution >= 4 is 23.1 Å². The summed E-state index contributed by atoms with van der Waals surface area (Å²) in [6, 6.07) is 19.3. The molecule has 1 aromatic heterocycles. The Morgan fingerprint density at radius 1 is 1.03 bits per heavy atom. The Morgan fingerprint density at radius 3 is 2.48 bits per heavy atom. The molecule has 0 N–H and O–H groups in total. The van der Waals surface area contributed by atoms with Gasteiger partial charge in [-0.3, -0.25) is 4.90 Å². The average Bonchev–Trinajstić information content (AvgIpc) is 3.13. The van der Waals surface area contributed by atoms with Crippen LogP contribution in [0.4, 0.5) is 20.3 Å². The molecule has 0 spiro atoms. The summed E-state index contributed by atoms with van der Waals surface area (Å²) in [7, 11) is 0. The van der Waals surface area contributed by atoms with Gasteiger partial charge in [-0.2, -0.15) is 4.39 Å². The zero-order chi connectivity index (χ0) is 22.2. The van der Waals surface area contributed by atoms with Gasteiger partial charge in [-0.1, -0.05) is 48.0 Å². The van der Waals surface area contributed by atoms with Crippen LogP contribution in [-0.2, 0) is 5.54 Å². The number of hydrogen-bond donors (Lipinski definition) is 0. The first kappa shape index (κ1) is 21.7. The van der Waals surface area contributed by atoms with Crippen molar-refractivity contribution in [2.75, 3.05) is 11.4 Å². The van der Waals surface area contributed by atoms with Gasteiger partial charge in [-0.05, 0) is 63.1 Å². The Hall–Kier alpha value is -2.50. The zero-order valence-electron chi connectivity index (χ0n) is 17.9. The molecule has 162 valence electrons. The molecule has 2 aromatic carbocycles. The van der Waals surface area contributed by atoms with Gasteiger partial charge in [-0.15, -0.1) is 0 Å². The number of anilines is 2. The van der Waals surface area contributed by atoms with E-state index in [0.29, 0.717) is 16.5 Å². The summed E-state index contributed by atoms with van der Waals surface area (Å²) in [5, 5.41) is 0.403. The van der Waals surface area contributed by atoms with Gasteiger partial charge < -0.3 is 4.90 Å². The number of hydrogen-bond acceptors (Lipinski definition) is 3. The maximum absolute atomic E-state index is 14.2. The highest BCUT2D eigenvalue weighted by atomic mass is 35.5. The zero-order valence-corrected chi connectivity index (χ0v) is 18.7. The summed E-state index contributed by atoms with van der Waals surface area (Å²) < 4.78 is 28.2. The van der Waals surface area contributed by atoms with Crippen molar-refractivity contribution in [3.05, 3.63) is 89.1 Å². The van der Waals surface area contributed by atoms with E-state index in [-0.39, 0.29) is 17.6 Å². The van der Waals surface area contributed by atoms with Crippen molar-refractivity contribution in [1.29, 1.82) is 0 Å². The van der Waals surface area contributed by atoms with Crippen LogP contribution in [0.1, 0.15) is 32.8 Å². The van der Waals surface area contributed by atoms with Gasteiger partial charge in [-0.25, -0.2) is 9.37 Å². The second-order valence-corrected chi connectivity index (χ2v) is 8.91. The van der Waals surface area contributed by atoms with Crippen molar-refractivity contribution < 1.29 is 8.78 Å². The van der Waals surface area contributed by atoms with E-state index in [0.717, 1.165) is 13.0 Å². The topological polar surface area (TPSA) is 19.4 Å². The molecule has 1 fully saturated rings. The molecule has 6 heteroatoms. The van der Waals surface area contributed by atoms with E-state index in [1.807, 2.05) is 23.1 Å². The molecule has 0 bridgehead atoms. The minimum Gasteiger partial charge on any atom is -0.320 e. The molecule has 1 aliphatic heterocycles. The van der Waals surface area contributed by atoms with Gasteiger partial charge >= 0.3 is 0 Å². The smallest absolute Gasteiger partial charge is 0.214 e. The summed E-state index contributed by atoms with van der Waals surface area (Å²) in [5.41, 5.74) is 1.51. The van der Waals surface area contributed by atoms with Crippen molar-refractivity contribution in [3.63, 3.8) is 0 Å². The van der Waals surface area contributed by atoms with E-state index in [1.165, 1.54) is 29.8 Å². The van der Waals surface area contributed by atoms with Crippen LogP contribution in [0, 0.1) is 11.8 Å². The first-order chi connectivity index (χ1) is 14.8. The summed E-state index contributed by atoms with van der Waals surface area (Å²) in [6.45, 7) is 7.41. The fraction of sp³-hybridized carbons (Fsp3) is 0.320. The van der Waals surface area contributed by atoms with Crippen LogP contribution >= 0.6 is 11.6 Å². The Kier molecular flexibility index (Phi) is 6.00. The number of halogens is 3. The monoisotopic (exact) mass is 441 g/mol. The summed E-state index contributed by atoms with van der Waals surface area (Å²) in [4.78, 5) is 8.43. The lowest BCUT2D eigenvalue weighted by Crippen LogP contribution is -2.48. The lowest BCUT2D eigenvalue weighted by molar-refractivity contribution is 0.108. The van der Waals surface area contributed by atoms with Gasteiger partial charge in [0.05, 0.1) is 16.8 Å². The minimum absolute atomic E-state index is 0.0587. The quantitative estimate of drug-likeness (QED) is 0.418. The van der Waals surface area contributed by atoms with E-state index < -0.39 is 11.8 Å². The first-order valence-corrected chi connectivity index (χ1v) is 10.9. The number of nitrogens with zero attached hydrogens (tertiary/aromatic N) is 3. The van der Waals surface area contributed by atoms with Gasteiger partial charge in [0.1, 0.15) is 11.6 Å². The van der Waals surface area contributed by atoms with Crippen LogP contribution in [0.15, 0.2) is 66.7 Å². The second-order valence-electron chi connectivity index (χ2n) is 8.50. The molecule has 4 rings (SSSR count). The molecule has 0 amide bonds. The van der Waals surface area contributed by atoms with Crippen molar-refractivity contribution in [1.82, 2.24) is 9.88 Å². The van der Waals surface area contributed by atoms with Gasteiger partial charge in [0.2, 0.25) is 5.95 Å². The maximum Gasteiger partial charge on any atom is 0.214 e. The highest BCUT2D eigenvalue weighted by Crippen LogP contribution is 2.41. The molecule has 1 unspecified atom stereocenters. The third-order valence-electron chi connectivity index (χ3n) is 6.36. The summed E-state index contributed by atoms with van der Waals surface area (Å²) in [6.07, 6.45) is 0.808. The first-order valence-electron chi connectivity index (χ1n) is 10.5. The fourth-order valence-corrected chi connectivity index (χ4v) is 4.95. The molecule has 0 radical (unpaired) electrons. The summed E-state index contributed by atoms with van der Waals surface area (Å²) in [5.74, 6) is -0.557. The van der Waals surface area contributed by atoms with Gasteiger partial charge in [0.25, 0.3) is 0 Å². The Morgan fingerprint density at radius 2 is 1.77 bits per heavy atom. The fourth-order valence-electron chi connectivity index (χ4n) is 4.74.